The summed E-state index contributed by atoms with van der Waals surface area (Å²) >= 11 is 0. The zero-order valence-corrected chi connectivity index (χ0v) is 9.70. The van der Waals surface area contributed by atoms with E-state index in [0.29, 0.717) is 0 Å². The van der Waals surface area contributed by atoms with Crippen molar-refractivity contribution >= 4 is 0 Å². The maximum atomic E-state index is 5.35. The van der Waals surface area contributed by atoms with Gasteiger partial charge in [0.2, 0.25) is 0 Å². The van der Waals surface area contributed by atoms with Crippen LogP contribution in [0.5, 0.6) is 0 Å². The molecule has 0 radical (unpaired) electrons. The smallest absolute Gasteiger partial charge is 0.105 e. The van der Waals surface area contributed by atoms with Gasteiger partial charge in [-0.1, -0.05) is 19.1 Å². The summed E-state index contributed by atoms with van der Waals surface area (Å²) in [6, 6.07) is 0. The van der Waals surface area contributed by atoms with E-state index in [1.54, 1.807) is 20.5 Å². The Kier molecular flexibility index (Phi) is 6.63. The molecule has 0 heterocycles. The summed E-state index contributed by atoms with van der Waals surface area (Å²) in [4.78, 5) is 0. The summed E-state index contributed by atoms with van der Waals surface area (Å²) in [7, 11) is 3.33. The van der Waals surface area contributed by atoms with E-state index < -0.39 is 0 Å². The molecule has 1 unspecified atom stereocenters. The minimum absolute atomic E-state index is 0.233. The second-order valence-electron chi connectivity index (χ2n) is 3.10. The molecule has 2 nitrogen and oxygen atoms in total. The molecule has 0 aromatic rings. The topological polar surface area (TPSA) is 18.5 Å². The summed E-state index contributed by atoms with van der Waals surface area (Å²) in [5.74, 6) is 1.20. The molecule has 0 aliphatic rings. The fourth-order valence-electron chi connectivity index (χ4n) is 1.32. The van der Waals surface area contributed by atoms with Gasteiger partial charge in [0.05, 0.1) is 20.5 Å². The van der Waals surface area contributed by atoms with Gasteiger partial charge in [0.15, 0.2) is 0 Å². The van der Waals surface area contributed by atoms with Crippen LogP contribution >= 0.6 is 0 Å². The van der Waals surface area contributed by atoms with E-state index in [1.807, 2.05) is 32.1 Å². The summed E-state index contributed by atoms with van der Waals surface area (Å²) in [6.07, 6.45) is 7.68. The van der Waals surface area contributed by atoms with Crippen LogP contribution in [0.15, 0.2) is 35.8 Å². The number of hydrogen-bond donors (Lipinski definition) is 0. The summed E-state index contributed by atoms with van der Waals surface area (Å²) in [5.41, 5.74) is 1.14. The van der Waals surface area contributed by atoms with Crippen LogP contribution in [0.1, 0.15) is 20.8 Å². The Morgan fingerprint density at radius 2 is 1.93 bits per heavy atom. The van der Waals surface area contributed by atoms with Crippen LogP contribution in [-0.2, 0) is 9.47 Å². The van der Waals surface area contributed by atoms with Crippen molar-refractivity contribution < 1.29 is 9.47 Å². The Labute approximate surface area is 86.9 Å². The van der Waals surface area contributed by atoms with Crippen LogP contribution in [0.4, 0.5) is 0 Å². The molecule has 0 spiro atoms. The largest absolute Gasteiger partial charge is 0.505 e. The first-order valence-electron chi connectivity index (χ1n) is 4.74. The molecule has 0 aliphatic carbocycles. The van der Waals surface area contributed by atoms with Crippen molar-refractivity contribution in [1.29, 1.82) is 0 Å². The van der Waals surface area contributed by atoms with Crippen molar-refractivity contribution in [2.24, 2.45) is 5.92 Å². The Morgan fingerprint density at radius 3 is 2.36 bits per heavy atom. The highest BCUT2D eigenvalue weighted by molar-refractivity contribution is 5.23. The van der Waals surface area contributed by atoms with Gasteiger partial charge in [-0.05, 0) is 25.5 Å². The first-order chi connectivity index (χ1) is 6.67. The van der Waals surface area contributed by atoms with Crippen molar-refractivity contribution in [2.45, 2.75) is 20.8 Å². The van der Waals surface area contributed by atoms with Gasteiger partial charge < -0.3 is 9.47 Å². The third kappa shape index (κ3) is 4.17. The maximum absolute atomic E-state index is 5.35. The molecule has 0 aliphatic heterocycles. The minimum atomic E-state index is 0.233. The van der Waals surface area contributed by atoms with Crippen LogP contribution in [0.25, 0.3) is 0 Å². The summed E-state index contributed by atoms with van der Waals surface area (Å²) < 4.78 is 10.2. The molecular weight excluding hydrogens is 176 g/mol. The van der Waals surface area contributed by atoms with Gasteiger partial charge in [0.25, 0.3) is 0 Å². The molecule has 0 N–H and O–H groups in total. The van der Waals surface area contributed by atoms with E-state index >= 15 is 0 Å². The molecule has 80 valence electrons. The van der Waals surface area contributed by atoms with E-state index in [9.17, 15) is 0 Å². The lowest BCUT2D eigenvalue weighted by Crippen LogP contribution is -2.01. The van der Waals surface area contributed by atoms with Crippen LogP contribution in [0, 0.1) is 5.92 Å². The van der Waals surface area contributed by atoms with Crippen molar-refractivity contribution in [3.63, 3.8) is 0 Å². The van der Waals surface area contributed by atoms with E-state index in [2.05, 4.69) is 6.92 Å². The van der Waals surface area contributed by atoms with E-state index in [0.717, 1.165) is 11.3 Å². The van der Waals surface area contributed by atoms with Crippen molar-refractivity contribution in [1.82, 2.24) is 0 Å². The zero-order chi connectivity index (χ0) is 11.0. The molecule has 0 saturated carbocycles. The highest BCUT2D eigenvalue weighted by Gasteiger charge is 2.07. The monoisotopic (exact) mass is 196 g/mol. The second-order valence-corrected chi connectivity index (χ2v) is 3.10. The molecule has 0 fully saturated rings. The van der Waals surface area contributed by atoms with E-state index in [1.165, 1.54) is 0 Å². The Morgan fingerprint density at radius 1 is 1.29 bits per heavy atom. The average Bonchev–Trinajstić information content (AvgIpc) is 2.16. The van der Waals surface area contributed by atoms with Gasteiger partial charge in [0.1, 0.15) is 5.76 Å². The fourth-order valence-corrected chi connectivity index (χ4v) is 1.32. The van der Waals surface area contributed by atoms with Gasteiger partial charge in [-0.25, -0.2) is 0 Å². The molecule has 0 saturated heterocycles. The van der Waals surface area contributed by atoms with Crippen molar-refractivity contribution in [3.05, 3.63) is 35.8 Å². The standard InChI is InChI=1S/C12H20O2/c1-6-7-10(2)12(14-5)11(3)8-9-13-4/h6-9,11H,1-5H3. The molecular formula is C12H20O2. The number of methoxy groups -OCH3 is 2. The van der Waals surface area contributed by atoms with Gasteiger partial charge >= 0.3 is 0 Å². The second kappa shape index (κ2) is 7.25. The third-order valence-electron chi connectivity index (χ3n) is 1.94. The van der Waals surface area contributed by atoms with Crippen LogP contribution in [0.3, 0.4) is 0 Å². The summed E-state index contributed by atoms with van der Waals surface area (Å²) in [6.45, 7) is 6.10. The predicted octanol–water partition coefficient (Wildman–Crippen LogP) is 3.28. The Balaban J connectivity index is 4.69. The van der Waals surface area contributed by atoms with Crippen molar-refractivity contribution in [3.8, 4) is 0 Å². The lowest BCUT2D eigenvalue weighted by Gasteiger charge is -2.13. The van der Waals surface area contributed by atoms with Crippen LogP contribution < -0.4 is 0 Å². The number of rotatable bonds is 5. The van der Waals surface area contributed by atoms with Crippen LogP contribution in [-0.4, -0.2) is 14.2 Å². The molecule has 0 bridgehead atoms. The highest BCUT2D eigenvalue weighted by atomic mass is 16.5. The van der Waals surface area contributed by atoms with Gasteiger partial charge in [-0.3, -0.25) is 0 Å². The molecule has 0 amide bonds. The molecule has 0 aromatic heterocycles. The Hall–Kier alpha value is -1.18. The number of hydrogen-bond acceptors (Lipinski definition) is 2. The predicted molar refractivity (Wildman–Crippen MR) is 59.8 cm³/mol. The lowest BCUT2D eigenvalue weighted by molar-refractivity contribution is 0.255. The van der Waals surface area contributed by atoms with Gasteiger partial charge in [0, 0.05) is 5.92 Å². The Bertz CT molecular complexity index is 237. The molecule has 2 heteroatoms. The van der Waals surface area contributed by atoms with E-state index in [-0.39, 0.29) is 5.92 Å². The number of allylic oxidation sites excluding steroid dienone is 4. The SMILES string of the molecule is CC=CC(C)=C(OC)C(C)C=COC. The lowest BCUT2D eigenvalue weighted by atomic mass is 10.1. The molecule has 14 heavy (non-hydrogen) atoms. The summed E-state index contributed by atoms with van der Waals surface area (Å²) in [5, 5.41) is 0. The third-order valence-corrected chi connectivity index (χ3v) is 1.94. The first kappa shape index (κ1) is 12.8. The van der Waals surface area contributed by atoms with Gasteiger partial charge in [-0.15, -0.1) is 0 Å². The highest BCUT2D eigenvalue weighted by Crippen LogP contribution is 2.18. The zero-order valence-electron chi connectivity index (χ0n) is 9.70. The molecule has 0 rings (SSSR count). The fraction of sp³-hybridized carbons (Fsp3) is 0.500. The van der Waals surface area contributed by atoms with Gasteiger partial charge in [-0.2, -0.15) is 0 Å². The molecule has 0 aromatic carbocycles. The minimum Gasteiger partial charge on any atom is -0.505 e. The average molecular weight is 196 g/mol. The normalized spacial score (nSPS) is 15.8. The number of ether oxygens (including phenoxy) is 2. The van der Waals surface area contributed by atoms with Crippen molar-refractivity contribution in [2.75, 3.05) is 14.2 Å². The first-order valence-corrected chi connectivity index (χ1v) is 4.74. The maximum Gasteiger partial charge on any atom is 0.105 e. The quantitative estimate of drug-likeness (QED) is 0.496. The van der Waals surface area contributed by atoms with Crippen LogP contribution in [0.2, 0.25) is 0 Å². The van der Waals surface area contributed by atoms with E-state index in [4.69, 9.17) is 9.47 Å². The molecule has 1 atom stereocenters.